The zero-order valence-electron chi connectivity index (χ0n) is 21.0. The molecule has 1 aromatic heterocycles. The molecule has 0 atom stereocenters. The van der Waals surface area contributed by atoms with Crippen molar-refractivity contribution in [3.63, 3.8) is 0 Å². The van der Waals surface area contributed by atoms with Gasteiger partial charge in [0.25, 0.3) is 5.91 Å². The van der Waals surface area contributed by atoms with Crippen molar-refractivity contribution < 1.29 is 23.9 Å². The second-order valence-electron chi connectivity index (χ2n) is 8.41. The Kier molecular flexibility index (Phi) is 8.81. The van der Waals surface area contributed by atoms with Crippen LogP contribution in [0.2, 0.25) is 0 Å². The summed E-state index contributed by atoms with van der Waals surface area (Å²) in [4.78, 5) is 19.8. The molecule has 0 spiro atoms. The van der Waals surface area contributed by atoms with Gasteiger partial charge in [-0.25, -0.2) is 19.8 Å². The zero-order chi connectivity index (χ0) is 26.9. The largest absolute Gasteiger partial charge is 0.493 e. The average molecular weight is 518 g/mol. The standard InChI is InChI=1S/C28H28FN5O4/c1-18-13-21(8-9-23(18)29)33-28-22-14-26(25(37-2)15-24(22)31-17-32-28)38-12-11-30-16-20-5-3-19(4-6-20)7-10-27(35)34-36/h3-10,13-15,17,30,36H,11-12,16H2,1-2H3,(H,34,35)(H,31,32,33). The number of ether oxygens (including phenoxy) is 2. The first-order chi connectivity index (χ1) is 18.5. The molecule has 0 saturated carbocycles. The van der Waals surface area contributed by atoms with E-state index in [0.29, 0.717) is 53.8 Å². The summed E-state index contributed by atoms with van der Waals surface area (Å²) < 4.78 is 25.2. The summed E-state index contributed by atoms with van der Waals surface area (Å²) in [7, 11) is 1.57. The summed E-state index contributed by atoms with van der Waals surface area (Å²) in [6.45, 7) is 3.33. The number of methoxy groups -OCH3 is 1. The Hall–Kier alpha value is -4.54. The lowest BCUT2D eigenvalue weighted by Crippen LogP contribution is -2.20. The van der Waals surface area contributed by atoms with Crippen LogP contribution in [0.1, 0.15) is 16.7 Å². The van der Waals surface area contributed by atoms with E-state index in [4.69, 9.17) is 14.7 Å². The van der Waals surface area contributed by atoms with Crippen LogP contribution < -0.4 is 25.6 Å². The van der Waals surface area contributed by atoms with Crippen molar-refractivity contribution >= 4 is 34.4 Å². The Morgan fingerprint density at radius 2 is 1.89 bits per heavy atom. The molecule has 0 aliphatic carbocycles. The van der Waals surface area contributed by atoms with Gasteiger partial charge in [0.2, 0.25) is 0 Å². The first-order valence-electron chi connectivity index (χ1n) is 11.9. The first kappa shape index (κ1) is 26.5. The highest BCUT2D eigenvalue weighted by Crippen LogP contribution is 2.34. The quantitative estimate of drug-likeness (QED) is 0.0993. The molecule has 9 nitrogen and oxygen atoms in total. The molecule has 0 aliphatic heterocycles. The van der Waals surface area contributed by atoms with Crippen molar-refractivity contribution in [2.75, 3.05) is 25.6 Å². The number of aromatic nitrogens is 2. The highest BCUT2D eigenvalue weighted by atomic mass is 19.1. The number of amides is 1. The van der Waals surface area contributed by atoms with Crippen molar-refractivity contribution in [1.29, 1.82) is 0 Å². The summed E-state index contributed by atoms with van der Waals surface area (Å²) in [5.41, 5.74) is 5.40. The van der Waals surface area contributed by atoms with Crippen LogP contribution in [-0.4, -0.2) is 41.3 Å². The van der Waals surface area contributed by atoms with Crippen LogP contribution in [0.4, 0.5) is 15.9 Å². The summed E-state index contributed by atoms with van der Waals surface area (Å²) >= 11 is 0. The number of benzene rings is 3. The predicted octanol–water partition coefficient (Wildman–Crippen LogP) is 4.52. The van der Waals surface area contributed by atoms with E-state index < -0.39 is 5.91 Å². The van der Waals surface area contributed by atoms with Crippen molar-refractivity contribution in [3.05, 3.63) is 89.5 Å². The smallest absolute Gasteiger partial charge is 0.267 e. The molecule has 1 amide bonds. The molecule has 3 aromatic carbocycles. The van der Waals surface area contributed by atoms with E-state index in [9.17, 15) is 9.18 Å². The fraction of sp³-hybridized carbons (Fsp3) is 0.179. The fourth-order valence-corrected chi connectivity index (χ4v) is 3.72. The Bertz CT molecular complexity index is 1440. The Balaban J connectivity index is 1.37. The maximum Gasteiger partial charge on any atom is 0.267 e. The number of carbonyl (C=O) groups excluding carboxylic acids is 1. The Morgan fingerprint density at radius 1 is 1.08 bits per heavy atom. The zero-order valence-corrected chi connectivity index (χ0v) is 21.0. The number of hydrogen-bond acceptors (Lipinski definition) is 8. The van der Waals surface area contributed by atoms with E-state index in [1.807, 2.05) is 30.3 Å². The molecule has 0 aliphatic rings. The highest BCUT2D eigenvalue weighted by molar-refractivity contribution is 5.93. The van der Waals surface area contributed by atoms with Gasteiger partial charge < -0.3 is 20.1 Å². The first-order valence-corrected chi connectivity index (χ1v) is 11.9. The Morgan fingerprint density at radius 3 is 2.63 bits per heavy atom. The van der Waals surface area contributed by atoms with Crippen molar-refractivity contribution in [1.82, 2.24) is 20.8 Å². The van der Waals surface area contributed by atoms with Gasteiger partial charge in [0.15, 0.2) is 11.5 Å². The molecular formula is C28H28FN5O4. The molecule has 0 fully saturated rings. The third-order valence-electron chi connectivity index (χ3n) is 5.72. The number of fused-ring (bicyclic) bond motifs is 1. The molecule has 4 N–H and O–H groups in total. The number of rotatable bonds is 11. The lowest BCUT2D eigenvalue weighted by molar-refractivity contribution is -0.124. The predicted molar refractivity (Wildman–Crippen MR) is 143 cm³/mol. The van der Waals surface area contributed by atoms with Crippen LogP contribution in [-0.2, 0) is 11.3 Å². The highest BCUT2D eigenvalue weighted by Gasteiger charge is 2.12. The van der Waals surface area contributed by atoms with Gasteiger partial charge in [-0.3, -0.25) is 10.0 Å². The van der Waals surface area contributed by atoms with E-state index in [-0.39, 0.29) is 5.82 Å². The molecule has 1 heterocycles. The van der Waals surface area contributed by atoms with Crippen molar-refractivity contribution in [2.45, 2.75) is 13.5 Å². The van der Waals surface area contributed by atoms with E-state index >= 15 is 0 Å². The van der Waals surface area contributed by atoms with Crippen molar-refractivity contribution in [2.24, 2.45) is 0 Å². The van der Waals surface area contributed by atoms with Crippen LogP contribution in [0.3, 0.4) is 0 Å². The molecule has 0 radical (unpaired) electrons. The lowest BCUT2D eigenvalue weighted by atomic mass is 10.1. The molecule has 0 bridgehead atoms. The fourth-order valence-electron chi connectivity index (χ4n) is 3.72. The van der Waals surface area contributed by atoms with E-state index in [1.165, 1.54) is 18.5 Å². The van der Waals surface area contributed by atoms with Crippen LogP contribution in [0.25, 0.3) is 17.0 Å². The number of halogens is 1. The van der Waals surface area contributed by atoms with Gasteiger partial charge in [0.05, 0.1) is 12.6 Å². The SMILES string of the molecule is COc1cc2ncnc(Nc3ccc(F)c(C)c3)c2cc1OCCNCc1ccc(C=CC(=O)NO)cc1. The van der Waals surface area contributed by atoms with Crippen molar-refractivity contribution in [3.8, 4) is 11.5 Å². The molecule has 0 saturated heterocycles. The molecule has 0 unspecified atom stereocenters. The number of hydroxylamine groups is 1. The number of aryl methyl sites for hydroxylation is 1. The topological polar surface area (TPSA) is 118 Å². The van der Waals surface area contributed by atoms with Crippen LogP contribution in [0.5, 0.6) is 11.5 Å². The molecule has 10 heteroatoms. The third kappa shape index (κ3) is 6.81. The van der Waals surface area contributed by atoms with Gasteiger partial charge in [-0.2, -0.15) is 0 Å². The van der Waals surface area contributed by atoms with Gasteiger partial charge in [-0.15, -0.1) is 0 Å². The molecule has 4 rings (SSSR count). The lowest BCUT2D eigenvalue weighted by Gasteiger charge is -2.14. The summed E-state index contributed by atoms with van der Waals surface area (Å²) in [5, 5.41) is 15.8. The van der Waals surface area contributed by atoms with Crippen LogP contribution in [0, 0.1) is 12.7 Å². The number of nitrogens with one attached hydrogen (secondary N) is 3. The summed E-state index contributed by atoms with van der Waals surface area (Å²) in [6.07, 6.45) is 4.32. The van der Waals surface area contributed by atoms with Gasteiger partial charge in [0.1, 0.15) is 24.6 Å². The summed E-state index contributed by atoms with van der Waals surface area (Å²) in [6, 6.07) is 16.1. The second kappa shape index (κ2) is 12.6. The second-order valence-corrected chi connectivity index (χ2v) is 8.41. The average Bonchev–Trinajstić information content (AvgIpc) is 2.94. The van der Waals surface area contributed by atoms with Crippen LogP contribution in [0.15, 0.2) is 67.0 Å². The Labute approximate surface area is 219 Å². The minimum atomic E-state index is -0.582. The third-order valence-corrected chi connectivity index (χ3v) is 5.72. The number of carbonyl (C=O) groups is 1. The number of nitrogens with zero attached hydrogens (tertiary/aromatic N) is 2. The number of anilines is 2. The molecule has 4 aromatic rings. The van der Waals surface area contributed by atoms with Gasteiger partial charge in [-0.1, -0.05) is 24.3 Å². The molecule has 196 valence electrons. The molecule has 38 heavy (non-hydrogen) atoms. The van der Waals surface area contributed by atoms with Gasteiger partial charge >= 0.3 is 0 Å². The van der Waals surface area contributed by atoms with Gasteiger partial charge in [-0.05, 0) is 54.0 Å². The monoisotopic (exact) mass is 517 g/mol. The number of hydrogen-bond donors (Lipinski definition) is 4. The van der Waals surface area contributed by atoms with E-state index in [2.05, 4.69) is 20.6 Å². The summed E-state index contributed by atoms with van der Waals surface area (Å²) in [5.74, 6) is 0.830. The normalized spacial score (nSPS) is 11.1. The molecular weight excluding hydrogens is 489 g/mol. The minimum absolute atomic E-state index is 0.268. The minimum Gasteiger partial charge on any atom is -0.493 e. The van der Waals surface area contributed by atoms with Gasteiger partial charge in [0, 0.05) is 36.3 Å². The maximum absolute atomic E-state index is 13.7. The maximum atomic E-state index is 13.7. The van der Waals surface area contributed by atoms with E-state index in [1.54, 1.807) is 43.8 Å². The van der Waals surface area contributed by atoms with E-state index in [0.717, 1.165) is 16.5 Å². The van der Waals surface area contributed by atoms with Crippen LogP contribution >= 0.6 is 0 Å².